The summed E-state index contributed by atoms with van der Waals surface area (Å²) in [5.74, 6) is 0.643. The third kappa shape index (κ3) is 2.04. The van der Waals surface area contributed by atoms with E-state index in [4.69, 9.17) is 12.2 Å². The highest BCUT2D eigenvalue weighted by atomic mass is 32.1. The number of H-pyrrole nitrogens is 1. The van der Waals surface area contributed by atoms with Gasteiger partial charge in [0.25, 0.3) is 0 Å². The van der Waals surface area contributed by atoms with E-state index >= 15 is 0 Å². The first-order valence-electron chi connectivity index (χ1n) is 4.99. The number of fused-ring (bicyclic) bond motifs is 1. The van der Waals surface area contributed by atoms with Crippen molar-refractivity contribution in [1.29, 1.82) is 0 Å². The van der Waals surface area contributed by atoms with Gasteiger partial charge in [-0.2, -0.15) is 4.37 Å². The highest BCUT2D eigenvalue weighted by molar-refractivity contribution is 7.81. The molecule has 3 rings (SSSR count). The van der Waals surface area contributed by atoms with Crippen molar-refractivity contribution in [2.24, 2.45) is 0 Å². The molecule has 0 bridgehead atoms. The maximum Gasteiger partial charge on any atom is 0.206 e. The summed E-state index contributed by atoms with van der Waals surface area (Å²) in [7, 11) is 0. The molecule has 2 aromatic heterocycles. The Bertz CT molecular complexity index is 624. The zero-order valence-corrected chi connectivity index (χ0v) is 10.3. The maximum absolute atomic E-state index is 5.23. The van der Waals surface area contributed by atoms with Crippen LogP contribution in [0.2, 0.25) is 0 Å². The summed E-state index contributed by atoms with van der Waals surface area (Å²) in [5, 5.41) is 4.93. The molecule has 1 aromatic carbocycles. The fourth-order valence-corrected chi connectivity index (χ4v) is 2.30. The van der Waals surface area contributed by atoms with Gasteiger partial charge in [0, 0.05) is 5.38 Å². The van der Waals surface area contributed by atoms with E-state index in [1.54, 1.807) is 0 Å². The lowest BCUT2D eigenvalue weighted by Gasteiger charge is -2.00. The molecule has 0 atom stereocenters. The van der Waals surface area contributed by atoms with Gasteiger partial charge in [-0.1, -0.05) is 24.4 Å². The molecule has 17 heavy (non-hydrogen) atoms. The van der Waals surface area contributed by atoms with E-state index in [2.05, 4.69) is 19.7 Å². The fourth-order valence-electron chi connectivity index (χ4n) is 1.51. The van der Waals surface area contributed by atoms with Crippen LogP contribution in [0.15, 0.2) is 35.7 Å². The highest BCUT2D eigenvalue weighted by Gasteiger charge is 2.06. The number of para-hydroxylation sites is 2. The molecule has 3 aromatic rings. The van der Waals surface area contributed by atoms with E-state index in [9.17, 15) is 0 Å². The van der Waals surface area contributed by atoms with Crippen molar-refractivity contribution in [3.8, 4) is 0 Å². The van der Waals surface area contributed by atoms with Gasteiger partial charge >= 0.3 is 0 Å². The Kier molecular flexibility index (Phi) is 2.58. The van der Waals surface area contributed by atoms with Crippen LogP contribution >= 0.6 is 23.8 Å². The van der Waals surface area contributed by atoms with Crippen LogP contribution < -0.4 is 5.32 Å². The maximum atomic E-state index is 5.23. The smallest absolute Gasteiger partial charge is 0.206 e. The van der Waals surface area contributed by atoms with Crippen LogP contribution in [-0.4, -0.2) is 19.3 Å². The largest absolute Gasteiger partial charge is 0.324 e. The lowest BCUT2D eigenvalue weighted by Crippen LogP contribution is -2.11. The third-order valence-electron chi connectivity index (χ3n) is 2.29. The number of thiocarbonyl (C=S) groups is 1. The summed E-state index contributed by atoms with van der Waals surface area (Å²) in [5.41, 5.74) is 2.66. The Hall–Kier alpha value is -1.79. The van der Waals surface area contributed by atoms with Gasteiger partial charge in [-0.25, -0.2) is 4.98 Å². The minimum absolute atomic E-state index is 0.574. The Morgan fingerprint density at radius 3 is 2.94 bits per heavy atom. The van der Waals surface area contributed by atoms with Crippen molar-refractivity contribution in [2.45, 2.75) is 0 Å². The molecule has 0 unspecified atom stereocenters. The Morgan fingerprint density at radius 2 is 2.18 bits per heavy atom. The van der Waals surface area contributed by atoms with Crippen molar-refractivity contribution in [3.63, 3.8) is 0 Å². The fraction of sp³-hybridized carbons (Fsp3) is 0. The number of aromatic nitrogens is 3. The van der Waals surface area contributed by atoms with Gasteiger partial charge < -0.3 is 10.3 Å². The minimum atomic E-state index is 0.574. The van der Waals surface area contributed by atoms with Crippen LogP contribution in [0.25, 0.3) is 11.0 Å². The molecule has 0 aliphatic rings. The SMILES string of the molecule is S=C(Nc1nc2ccccc2[nH]1)c1ccsn1. The Balaban J connectivity index is 1.88. The number of nitrogens with one attached hydrogen (secondary N) is 2. The molecule has 6 heteroatoms. The van der Waals surface area contributed by atoms with Crippen LogP contribution in [0.4, 0.5) is 5.95 Å². The van der Waals surface area contributed by atoms with Crippen LogP contribution in [-0.2, 0) is 0 Å². The molecular weight excluding hydrogens is 252 g/mol. The highest BCUT2D eigenvalue weighted by Crippen LogP contribution is 2.14. The van der Waals surface area contributed by atoms with Crippen molar-refractivity contribution in [1.82, 2.24) is 14.3 Å². The summed E-state index contributed by atoms with van der Waals surface area (Å²) in [6.07, 6.45) is 0. The minimum Gasteiger partial charge on any atom is -0.324 e. The van der Waals surface area contributed by atoms with Gasteiger partial charge in [-0.05, 0) is 29.7 Å². The number of rotatable bonds is 2. The molecule has 0 aliphatic carbocycles. The number of hydrogen-bond donors (Lipinski definition) is 2. The topological polar surface area (TPSA) is 53.6 Å². The van der Waals surface area contributed by atoms with Crippen LogP contribution in [0, 0.1) is 0 Å². The van der Waals surface area contributed by atoms with Crippen LogP contribution in [0.3, 0.4) is 0 Å². The first-order valence-corrected chi connectivity index (χ1v) is 6.24. The molecule has 4 nitrogen and oxygen atoms in total. The van der Waals surface area contributed by atoms with Gasteiger partial charge in [0.1, 0.15) is 10.7 Å². The molecule has 2 heterocycles. The van der Waals surface area contributed by atoms with Crippen molar-refractivity contribution in [2.75, 3.05) is 5.32 Å². The Morgan fingerprint density at radius 1 is 1.29 bits per heavy atom. The second-order valence-corrected chi connectivity index (χ2v) is 4.52. The average Bonchev–Trinajstić information content (AvgIpc) is 2.97. The molecule has 0 radical (unpaired) electrons. The average molecular weight is 260 g/mol. The zero-order chi connectivity index (χ0) is 11.7. The quantitative estimate of drug-likeness (QED) is 0.696. The van der Waals surface area contributed by atoms with Crippen molar-refractivity contribution >= 4 is 45.7 Å². The molecule has 84 valence electrons. The van der Waals surface area contributed by atoms with E-state index in [0.717, 1.165) is 16.7 Å². The summed E-state index contributed by atoms with van der Waals surface area (Å²) in [6.45, 7) is 0. The van der Waals surface area contributed by atoms with Crippen LogP contribution in [0.5, 0.6) is 0 Å². The number of anilines is 1. The number of imidazole rings is 1. The number of aromatic amines is 1. The van der Waals surface area contributed by atoms with Gasteiger partial charge in [-0.15, -0.1) is 0 Å². The van der Waals surface area contributed by atoms with Gasteiger partial charge in [-0.3, -0.25) is 0 Å². The van der Waals surface area contributed by atoms with Gasteiger partial charge in [0.15, 0.2) is 0 Å². The van der Waals surface area contributed by atoms with E-state index in [-0.39, 0.29) is 0 Å². The third-order valence-corrected chi connectivity index (χ3v) is 3.16. The van der Waals surface area contributed by atoms with E-state index < -0.39 is 0 Å². The predicted molar refractivity (Wildman–Crippen MR) is 73.5 cm³/mol. The molecule has 2 N–H and O–H groups in total. The molecule has 0 amide bonds. The summed E-state index contributed by atoms with van der Waals surface area (Å²) < 4.78 is 4.16. The molecule has 0 aliphatic heterocycles. The number of benzene rings is 1. The van der Waals surface area contributed by atoms with Gasteiger partial charge in [0.05, 0.1) is 11.0 Å². The molecular formula is C11H8N4S2. The summed E-state index contributed by atoms with van der Waals surface area (Å²) in [4.78, 5) is 8.11. The standard InChI is InChI=1S/C11H8N4S2/c16-10(9-5-6-17-15-9)14-11-12-7-3-1-2-4-8(7)13-11/h1-6H,(H2,12,13,14,16). The molecule has 0 saturated heterocycles. The lowest BCUT2D eigenvalue weighted by molar-refractivity contribution is 1.33. The molecule has 0 fully saturated rings. The van der Waals surface area contributed by atoms with Gasteiger partial charge in [0.2, 0.25) is 5.95 Å². The van der Waals surface area contributed by atoms with Crippen molar-refractivity contribution < 1.29 is 0 Å². The van der Waals surface area contributed by atoms with E-state index in [1.807, 2.05) is 35.7 Å². The second kappa shape index (κ2) is 4.23. The monoisotopic (exact) mass is 260 g/mol. The van der Waals surface area contributed by atoms with Crippen LogP contribution in [0.1, 0.15) is 5.69 Å². The van der Waals surface area contributed by atoms with E-state index in [1.165, 1.54) is 11.5 Å². The first-order chi connectivity index (χ1) is 8.33. The zero-order valence-electron chi connectivity index (χ0n) is 8.68. The van der Waals surface area contributed by atoms with E-state index in [0.29, 0.717) is 10.9 Å². The number of hydrogen-bond acceptors (Lipinski definition) is 4. The second-order valence-electron chi connectivity index (χ2n) is 3.44. The molecule has 0 saturated carbocycles. The lowest BCUT2D eigenvalue weighted by atomic mass is 10.3. The summed E-state index contributed by atoms with van der Waals surface area (Å²) in [6, 6.07) is 9.71. The predicted octanol–water partition coefficient (Wildman–Crippen LogP) is 2.81. The normalized spacial score (nSPS) is 10.6. The first kappa shape index (κ1) is 10.4. The summed E-state index contributed by atoms with van der Waals surface area (Å²) >= 11 is 6.61. The Labute approximate surface area is 107 Å². The molecule has 0 spiro atoms. The number of nitrogens with zero attached hydrogens (tertiary/aromatic N) is 2. The van der Waals surface area contributed by atoms with Crippen molar-refractivity contribution in [3.05, 3.63) is 41.4 Å².